The lowest BCUT2D eigenvalue weighted by atomic mass is 10.0. The summed E-state index contributed by atoms with van der Waals surface area (Å²) in [5.74, 6) is 0.731. The third-order valence-electron chi connectivity index (χ3n) is 2.79. The molecule has 0 aliphatic carbocycles. The van der Waals surface area contributed by atoms with Crippen molar-refractivity contribution in [3.63, 3.8) is 0 Å². The van der Waals surface area contributed by atoms with E-state index in [1.54, 1.807) is 0 Å². The molecule has 1 saturated heterocycles. The van der Waals surface area contributed by atoms with Crippen LogP contribution in [0.3, 0.4) is 0 Å². The third kappa shape index (κ3) is 2.87. The summed E-state index contributed by atoms with van der Waals surface area (Å²) in [5.41, 5.74) is 1.06. The molecule has 90 valence electrons. The number of allylic oxidation sites excluding steroid dienone is 1. The van der Waals surface area contributed by atoms with E-state index in [9.17, 15) is 4.79 Å². The minimum Gasteiger partial charge on any atom is -0.413 e. The molecular weight excluding hydrogens is 214 g/mol. The average molecular weight is 231 g/mol. The van der Waals surface area contributed by atoms with E-state index in [1.807, 2.05) is 36.4 Å². The first-order chi connectivity index (χ1) is 8.31. The van der Waals surface area contributed by atoms with Crippen molar-refractivity contribution in [3.05, 3.63) is 47.7 Å². The molecule has 2 rings (SSSR count). The van der Waals surface area contributed by atoms with Gasteiger partial charge in [0, 0.05) is 0 Å². The largest absolute Gasteiger partial charge is 0.413 e. The van der Waals surface area contributed by atoms with Gasteiger partial charge in [0.05, 0.1) is 0 Å². The zero-order chi connectivity index (χ0) is 12.1. The maximum absolute atomic E-state index is 11.3. The Bertz CT molecular complexity index is 411. The number of hydrogen-bond donors (Lipinski definition) is 1. The van der Waals surface area contributed by atoms with Crippen molar-refractivity contribution in [2.75, 3.05) is 0 Å². The van der Waals surface area contributed by atoms with Gasteiger partial charge in [0.1, 0.15) is 11.8 Å². The van der Waals surface area contributed by atoms with Crippen LogP contribution in [0.4, 0.5) is 4.79 Å². The number of ether oxygens (including phenoxy) is 1. The second-order valence-corrected chi connectivity index (χ2v) is 4.13. The van der Waals surface area contributed by atoms with Crippen molar-refractivity contribution < 1.29 is 9.53 Å². The highest BCUT2D eigenvalue weighted by molar-refractivity contribution is 5.73. The van der Waals surface area contributed by atoms with Crippen molar-refractivity contribution >= 4 is 6.09 Å². The van der Waals surface area contributed by atoms with Crippen molar-refractivity contribution in [1.82, 2.24) is 5.32 Å². The second kappa shape index (κ2) is 5.53. The van der Waals surface area contributed by atoms with Crippen LogP contribution in [0.25, 0.3) is 0 Å². The van der Waals surface area contributed by atoms with Crippen LogP contribution >= 0.6 is 0 Å². The molecule has 1 aromatic carbocycles. The topological polar surface area (TPSA) is 38.3 Å². The first kappa shape index (κ1) is 11.7. The minimum atomic E-state index is -0.360. The molecule has 0 aromatic heterocycles. The first-order valence-corrected chi connectivity index (χ1v) is 6.04. The van der Waals surface area contributed by atoms with E-state index in [1.165, 1.54) is 0 Å². The van der Waals surface area contributed by atoms with Crippen molar-refractivity contribution in [2.24, 2.45) is 0 Å². The number of carbonyl (C=O) groups excluding carboxylic acids is 1. The van der Waals surface area contributed by atoms with Crippen LogP contribution in [0.15, 0.2) is 42.2 Å². The number of carbonyl (C=O) groups is 1. The molecule has 1 aliphatic rings. The van der Waals surface area contributed by atoms with E-state index in [-0.39, 0.29) is 12.1 Å². The SMILES string of the molecule is CCCC/C=C1/OC(=O)NC1c1ccccc1. The zero-order valence-corrected chi connectivity index (χ0v) is 9.98. The Morgan fingerprint density at radius 3 is 2.82 bits per heavy atom. The molecule has 1 amide bonds. The van der Waals surface area contributed by atoms with Crippen LogP contribution in [0.5, 0.6) is 0 Å². The zero-order valence-electron chi connectivity index (χ0n) is 9.98. The number of nitrogens with one attached hydrogen (secondary N) is 1. The summed E-state index contributed by atoms with van der Waals surface area (Å²) in [6.45, 7) is 2.14. The van der Waals surface area contributed by atoms with Crippen LogP contribution in [0, 0.1) is 0 Å². The summed E-state index contributed by atoms with van der Waals surface area (Å²) in [7, 11) is 0. The van der Waals surface area contributed by atoms with Gasteiger partial charge in [0.25, 0.3) is 0 Å². The van der Waals surface area contributed by atoms with Gasteiger partial charge in [-0.25, -0.2) is 4.79 Å². The standard InChI is InChI=1S/C14H17NO2/c1-2-3-5-10-12-13(15-14(16)17-12)11-8-6-4-7-9-11/h4,6-10,13H,2-3,5H2,1H3,(H,15,16)/b12-10+. The minimum absolute atomic E-state index is 0.124. The number of rotatable bonds is 4. The summed E-state index contributed by atoms with van der Waals surface area (Å²) in [5, 5.41) is 2.82. The van der Waals surface area contributed by atoms with E-state index in [0.717, 1.165) is 30.6 Å². The number of cyclic esters (lactones) is 1. The summed E-state index contributed by atoms with van der Waals surface area (Å²) < 4.78 is 5.19. The molecule has 1 atom stereocenters. The average Bonchev–Trinajstić information content (AvgIpc) is 2.72. The molecule has 17 heavy (non-hydrogen) atoms. The lowest BCUT2D eigenvalue weighted by molar-refractivity contribution is 0.195. The Balaban J connectivity index is 2.14. The number of benzene rings is 1. The molecule has 1 N–H and O–H groups in total. The van der Waals surface area contributed by atoms with Gasteiger partial charge in [-0.3, -0.25) is 0 Å². The fourth-order valence-corrected chi connectivity index (χ4v) is 1.89. The van der Waals surface area contributed by atoms with Crippen molar-refractivity contribution in [2.45, 2.75) is 32.2 Å². The van der Waals surface area contributed by atoms with Gasteiger partial charge >= 0.3 is 6.09 Å². The molecule has 3 nitrogen and oxygen atoms in total. The van der Waals surface area contributed by atoms with Crippen LogP contribution < -0.4 is 5.32 Å². The lowest BCUT2D eigenvalue weighted by Gasteiger charge is -2.09. The molecule has 0 bridgehead atoms. The van der Waals surface area contributed by atoms with Gasteiger partial charge in [0.2, 0.25) is 0 Å². The second-order valence-electron chi connectivity index (χ2n) is 4.13. The highest BCUT2D eigenvalue weighted by Gasteiger charge is 2.29. The van der Waals surface area contributed by atoms with Crippen molar-refractivity contribution in [3.8, 4) is 0 Å². The normalized spacial score (nSPS) is 21.4. The molecule has 0 radical (unpaired) electrons. The Morgan fingerprint density at radius 1 is 1.35 bits per heavy atom. The number of alkyl carbamates (subject to hydrolysis) is 1. The van der Waals surface area contributed by atoms with Gasteiger partial charge in [-0.15, -0.1) is 0 Å². The van der Waals surface area contributed by atoms with Crippen LogP contribution in [0.2, 0.25) is 0 Å². The van der Waals surface area contributed by atoms with Gasteiger partial charge in [-0.2, -0.15) is 0 Å². The summed E-state index contributed by atoms with van der Waals surface area (Å²) in [4.78, 5) is 11.3. The molecular formula is C14H17NO2. The van der Waals surface area contributed by atoms with Crippen LogP contribution in [0.1, 0.15) is 37.8 Å². The van der Waals surface area contributed by atoms with Gasteiger partial charge in [0.15, 0.2) is 0 Å². The molecule has 3 heteroatoms. The lowest BCUT2D eigenvalue weighted by Crippen LogP contribution is -2.17. The fraction of sp³-hybridized carbons (Fsp3) is 0.357. The Kier molecular flexibility index (Phi) is 3.81. The maximum atomic E-state index is 11.3. The predicted molar refractivity (Wildman–Crippen MR) is 66.4 cm³/mol. The number of hydrogen-bond acceptors (Lipinski definition) is 2. The molecule has 0 spiro atoms. The predicted octanol–water partition coefficient (Wildman–Crippen LogP) is 3.54. The summed E-state index contributed by atoms with van der Waals surface area (Å²) >= 11 is 0. The summed E-state index contributed by atoms with van der Waals surface area (Å²) in [6, 6.07) is 9.75. The van der Waals surface area contributed by atoms with Crippen LogP contribution in [-0.4, -0.2) is 6.09 Å². The Labute approximate surface area is 101 Å². The van der Waals surface area contributed by atoms with Gasteiger partial charge < -0.3 is 10.1 Å². The smallest absolute Gasteiger partial charge is 0.413 e. The summed E-state index contributed by atoms with van der Waals surface area (Å²) in [6.07, 6.45) is 4.86. The van der Waals surface area contributed by atoms with E-state index in [2.05, 4.69) is 12.2 Å². The molecule has 0 saturated carbocycles. The monoisotopic (exact) mass is 231 g/mol. The van der Waals surface area contributed by atoms with E-state index in [0.29, 0.717) is 0 Å². The van der Waals surface area contributed by atoms with Crippen molar-refractivity contribution in [1.29, 1.82) is 0 Å². The first-order valence-electron chi connectivity index (χ1n) is 6.04. The third-order valence-corrected chi connectivity index (χ3v) is 2.79. The molecule has 1 unspecified atom stereocenters. The van der Waals surface area contributed by atoms with E-state index in [4.69, 9.17) is 4.74 Å². The molecule has 1 aliphatic heterocycles. The quantitative estimate of drug-likeness (QED) is 0.805. The Hall–Kier alpha value is -1.77. The van der Waals surface area contributed by atoms with E-state index >= 15 is 0 Å². The maximum Gasteiger partial charge on any atom is 0.413 e. The van der Waals surface area contributed by atoms with Gasteiger partial charge in [-0.1, -0.05) is 43.7 Å². The number of unbranched alkanes of at least 4 members (excludes halogenated alkanes) is 2. The highest BCUT2D eigenvalue weighted by Crippen LogP contribution is 2.28. The molecule has 1 fully saturated rings. The van der Waals surface area contributed by atoms with Gasteiger partial charge in [-0.05, 0) is 24.5 Å². The van der Waals surface area contributed by atoms with Crippen LogP contribution in [-0.2, 0) is 4.74 Å². The van der Waals surface area contributed by atoms with E-state index < -0.39 is 0 Å². The molecule has 1 aromatic rings. The molecule has 1 heterocycles. The Morgan fingerprint density at radius 2 is 2.12 bits per heavy atom. The fourth-order valence-electron chi connectivity index (χ4n) is 1.89. The highest BCUT2D eigenvalue weighted by atomic mass is 16.6. The number of amides is 1.